The van der Waals surface area contributed by atoms with Crippen molar-refractivity contribution in [2.45, 2.75) is 37.8 Å². The number of piperidine rings is 1. The number of nitrogens with zero attached hydrogens (tertiary/aromatic N) is 2. The van der Waals surface area contributed by atoms with Gasteiger partial charge in [-0.15, -0.1) is 0 Å². The summed E-state index contributed by atoms with van der Waals surface area (Å²) in [4.78, 5) is 16.7. The van der Waals surface area contributed by atoms with Gasteiger partial charge in [0.05, 0.1) is 12.1 Å². The Hall–Kier alpha value is -1.43. The maximum atomic E-state index is 12.4. The van der Waals surface area contributed by atoms with Gasteiger partial charge in [-0.1, -0.05) is 30.3 Å². The van der Waals surface area contributed by atoms with E-state index in [0.717, 1.165) is 57.4 Å². The zero-order valence-electron chi connectivity index (χ0n) is 15.2. The van der Waals surface area contributed by atoms with Crippen molar-refractivity contribution in [1.29, 1.82) is 0 Å². The number of rotatable bonds is 6. The maximum Gasteiger partial charge on any atom is 0.239 e. The molecule has 1 aromatic rings. The fourth-order valence-corrected chi connectivity index (χ4v) is 4.02. The number of benzene rings is 1. The second-order valence-electron chi connectivity index (χ2n) is 7.54. The molecular weight excluding hydrogens is 314 g/mol. The summed E-state index contributed by atoms with van der Waals surface area (Å²) in [6.45, 7) is 4.51. The molecule has 1 amide bonds. The number of carbonyl (C=O) groups is 1. The average molecular weight is 345 g/mol. The summed E-state index contributed by atoms with van der Waals surface area (Å²) in [6.07, 6.45) is 3.84. The van der Waals surface area contributed by atoms with E-state index in [-0.39, 0.29) is 11.9 Å². The first-order valence-corrected chi connectivity index (χ1v) is 9.57. The van der Waals surface area contributed by atoms with Gasteiger partial charge in [0.2, 0.25) is 5.91 Å². The van der Waals surface area contributed by atoms with Gasteiger partial charge in [0.25, 0.3) is 0 Å². The Morgan fingerprint density at radius 3 is 2.64 bits per heavy atom. The minimum Gasteiger partial charge on any atom is -0.387 e. The zero-order valence-corrected chi connectivity index (χ0v) is 15.2. The molecule has 25 heavy (non-hydrogen) atoms. The molecule has 2 heterocycles. The first-order valence-electron chi connectivity index (χ1n) is 9.57. The Kier molecular flexibility index (Phi) is 6.45. The Morgan fingerprint density at radius 2 is 2.00 bits per heavy atom. The number of aliphatic hydroxyl groups excluding tert-OH is 1. The molecule has 2 aliphatic heterocycles. The van der Waals surface area contributed by atoms with Gasteiger partial charge in [0, 0.05) is 20.1 Å². The normalized spacial score (nSPS) is 23.5. The van der Waals surface area contributed by atoms with E-state index >= 15 is 0 Å². The monoisotopic (exact) mass is 345 g/mol. The lowest BCUT2D eigenvalue weighted by molar-refractivity contribution is -0.132. The van der Waals surface area contributed by atoms with E-state index in [4.69, 9.17) is 0 Å². The van der Waals surface area contributed by atoms with Crippen LogP contribution in [0.2, 0.25) is 0 Å². The molecule has 5 heteroatoms. The number of aliphatic hydroxyl groups is 1. The molecule has 138 valence electrons. The molecule has 0 aromatic heterocycles. The molecule has 2 saturated heterocycles. The summed E-state index contributed by atoms with van der Waals surface area (Å²) >= 11 is 0. The SMILES string of the molecule is CN(CC1CCN(C[C@@H](O)c2ccccc2)CC1)C(=O)[C@@H]1CCCN1. The lowest BCUT2D eigenvalue weighted by Crippen LogP contribution is -2.45. The smallest absolute Gasteiger partial charge is 0.239 e. The summed E-state index contributed by atoms with van der Waals surface area (Å²) in [5.41, 5.74) is 0.985. The summed E-state index contributed by atoms with van der Waals surface area (Å²) in [7, 11) is 1.94. The van der Waals surface area contributed by atoms with Gasteiger partial charge in [-0.25, -0.2) is 0 Å². The van der Waals surface area contributed by atoms with Crippen LogP contribution in [0.5, 0.6) is 0 Å². The van der Waals surface area contributed by atoms with Crippen LogP contribution in [0.4, 0.5) is 0 Å². The molecule has 3 rings (SSSR count). The number of likely N-dealkylation sites (N-methyl/N-ethyl adjacent to an activating group) is 1. The lowest BCUT2D eigenvalue weighted by atomic mass is 9.95. The molecule has 0 unspecified atom stereocenters. The molecule has 2 N–H and O–H groups in total. The van der Waals surface area contributed by atoms with Crippen molar-refractivity contribution in [2.24, 2.45) is 5.92 Å². The number of nitrogens with one attached hydrogen (secondary N) is 1. The summed E-state index contributed by atoms with van der Waals surface area (Å²) < 4.78 is 0. The Bertz CT molecular complexity index is 537. The standard InChI is InChI=1S/C20H31N3O2/c1-22(20(25)18-8-5-11-21-18)14-16-9-12-23(13-10-16)15-19(24)17-6-3-2-4-7-17/h2-4,6-7,16,18-19,21,24H,5,8-15H2,1H3/t18-,19+/m0/s1. The van der Waals surface area contributed by atoms with Crippen molar-refractivity contribution in [2.75, 3.05) is 39.8 Å². The first kappa shape index (κ1) is 18.4. The number of hydrogen-bond acceptors (Lipinski definition) is 4. The zero-order chi connectivity index (χ0) is 17.6. The Labute approximate surface area is 151 Å². The summed E-state index contributed by atoms with van der Waals surface area (Å²) in [5, 5.41) is 13.7. The molecular formula is C20H31N3O2. The highest BCUT2D eigenvalue weighted by Crippen LogP contribution is 2.22. The fourth-order valence-electron chi connectivity index (χ4n) is 4.02. The van der Waals surface area contributed by atoms with E-state index in [1.165, 1.54) is 0 Å². The third-order valence-electron chi connectivity index (χ3n) is 5.59. The molecule has 0 spiro atoms. The Balaban J connectivity index is 1.40. The van der Waals surface area contributed by atoms with Gasteiger partial charge in [-0.3, -0.25) is 4.79 Å². The molecule has 0 saturated carbocycles. The van der Waals surface area contributed by atoms with Gasteiger partial charge in [0.15, 0.2) is 0 Å². The second-order valence-corrected chi connectivity index (χ2v) is 7.54. The van der Waals surface area contributed by atoms with Crippen LogP contribution in [0.3, 0.4) is 0 Å². The van der Waals surface area contributed by atoms with Crippen LogP contribution >= 0.6 is 0 Å². The van der Waals surface area contributed by atoms with Crippen molar-refractivity contribution in [1.82, 2.24) is 15.1 Å². The quantitative estimate of drug-likeness (QED) is 0.823. The van der Waals surface area contributed by atoms with Crippen molar-refractivity contribution in [3.8, 4) is 0 Å². The third kappa shape index (κ3) is 5.03. The molecule has 2 atom stereocenters. The molecule has 0 radical (unpaired) electrons. The average Bonchev–Trinajstić information content (AvgIpc) is 3.18. The largest absolute Gasteiger partial charge is 0.387 e. The van der Waals surface area contributed by atoms with Crippen LogP contribution in [0.15, 0.2) is 30.3 Å². The highest BCUT2D eigenvalue weighted by molar-refractivity contribution is 5.81. The van der Waals surface area contributed by atoms with Crippen LogP contribution < -0.4 is 5.32 Å². The highest BCUT2D eigenvalue weighted by Gasteiger charge is 2.28. The lowest BCUT2D eigenvalue weighted by Gasteiger charge is -2.35. The van der Waals surface area contributed by atoms with Crippen LogP contribution in [-0.2, 0) is 4.79 Å². The van der Waals surface area contributed by atoms with E-state index in [0.29, 0.717) is 12.5 Å². The molecule has 0 bridgehead atoms. The number of hydrogen-bond donors (Lipinski definition) is 2. The number of β-amino-alcohol motifs (C(OH)–C–C–N with tert-alkyl or cyclic N) is 1. The van der Waals surface area contributed by atoms with E-state index in [1.807, 2.05) is 42.3 Å². The van der Waals surface area contributed by atoms with Gasteiger partial charge in [-0.05, 0) is 56.8 Å². The molecule has 0 aliphatic carbocycles. The van der Waals surface area contributed by atoms with E-state index in [9.17, 15) is 9.90 Å². The van der Waals surface area contributed by atoms with Crippen LogP contribution in [-0.4, -0.2) is 66.6 Å². The molecule has 5 nitrogen and oxygen atoms in total. The van der Waals surface area contributed by atoms with Crippen molar-refractivity contribution in [3.05, 3.63) is 35.9 Å². The van der Waals surface area contributed by atoms with Gasteiger partial charge < -0.3 is 20.2 Å². The van der Waals surface area contributed by atoms with Crippen molar-refractivity contribution < 1.29 is 9.90 Å². The van der Waals surface area contributed by atoms with E-state index in [2.05, 4.69) is 10.2 Å². The fraction of sp³-hybridized carbons (Fsp3) is 0.650. The van der Waals surface area contributed by atoms with Crippen molar-refractivity contribution in [3.63, 3.8) is 0 Å². The first-order chi connectivity index (χ1) is 12.1. The Morgan fingerprint density at radius 1 is 1.28 bits per heavy atom. The number of carbonyl (C=O) groups excluding carboxylic acids is 1. The number of amides is 1. The molecule has 2 aliphatic rings. The van der Waals surface area contributed by atoms with E-state index < -0.39 is 6.10 Å². The predicted octanol–water partition coefficient (Wildman–Crippen LogP) is 1.64. The second kappa shape index (κ2) is 8.79. The summed E-state index contributed by atoms with van der Waals surface area (Å²) in [6, 6.07) is 9.91. The van der Waals surface area contributed by atoms with Gasteiger partial charge >= 0.3 is 0 Å². The highest BCUT2D eigenvalue weighted by atomic mass is 16.3. The molecule has 1 aromatic carbocycles. The van der Waals surface area contributed by atoms with E-state index in [1.54, 1.807) is 0 Å². The third-order valence-corrected chi connectivity index (χ3v) is 5.59. The predicted molar refractivity (Wildman–Crippen MR) is 99.2 cm³/mol. The number of likely N-dealkylation sites (tertiary alicyclic amines) is 1. The van der Waals surface area contributed by atoms with Gasteiger partial charge in [0.1, 0.15) is 0 Å². The van der Waals surface area contributed by atoms with Crippen LogP contribution in [0, 0.1) is 5.92 Å². The minimum atomic E-state index is -0.421. The van der Waals surface area contributed by atoms with Crippen LogP contribution in [0.25, 0.3) is 0 Å². The van der Waals surface area contributed by atoms with Crippen molar-refractivity contribution >= 4 is 5.91 Å². The summed E-state index contributed by atoms with van der Waals surface area (Å²) in [5.74, 6) is 0.819. The minimum absolute atomic E-state index is 0.0334. The topological polar surface area (TPSA) is 55.8 Å². The van der Waals surface area contributed by atoms with Crippen LogP contribution in [0.1, 0.15) is 37.4 Å². The maximum absolute atomic E-state index is 12.4. The molecule has 2 fully saturated rings. The van der Waals surface area contributed by atoms with Gasteiger partial charge in [-0.2, -0.15) is 0 Å².